The van der Waals surface area contributed by atoms with Crippen LogP contribution in [0.15, 0.2) is 83.8 Å². The Morgan fingerprint density at radius 2 is 1.53 bits per heavy atom. The number of hydrogen-bond acceptors (Lipinski definition) is 5. The fourth-order valence-corrected chi connectivity index (χ4v) is 5.21. The SMILES string of the molecule is COc1ccc(N(CC(=O)N(Cc2ccc(F)cc2)C(C)C(=O)NC(C)C)S(=O)(=O)c2ccccc2)cc1. The van der Waals surface area contributed by atoms with Crippen molar-refractivity contribution < 1.29 is 27.1 Å². The minimum absolute atomic E-state index is 0.0132. The summed E-state index contributed by atoms with van der Waals surface area (Å²) < 4.78 is 47.1. The van der Waals surface area contributed by atoms with Crippen LogP contribution in [0, 0.1) is 5.82 Å². The molecule has 3 rings (SSSR count). The summed E-state index contributed by atoms with van der Waals surface area (Å²) in [4.78, 5) is 28.0. The molecule has 0 aromatic heterocycles. The summed E-state index contributed by atoms with van der Waals surface area (Å²) in [5.41, 5.74) is 0.842. The molecule has 2 amide bonds. The first kappa shape index (κ1) is 28.6. The molecule has 0 aliphatic rings. The van der Waals surface area contributed by atoms with E-state index in [4.69, 9.17) is 4.74 Å². The van der Waals surface area contributed by atoms with E-state index in [0.717, 1.165) is 4.31 Å². The summed E-state index contributed by atoms with van der Waals surface area (Å²) >= 11 is 0. The van der Waals surface area contributed by atoms with Crippen LogP contribution < -0.4 is 14.4 Å². The lowest BCUT2D eigenvalue weighted by molar-refractivity contribution is -0.139. The Morgan fingerprint density at radius 3 is 2.08 bits per heavy atom. The van der Waals surface area contributed by atoms with Crippen LogP contribution >= 0.6 is 0 Å². The Morgan fingerprint density at radius 1 is 0.921 bits per heavy atom. The number of hydrogen-bond donors (Lipinski definition) is 1. The number of sulfonamides is 1. The molecule has 0 bridgehead atoms. The first-order valence-electron chi connectivity index (χ1n) is 12.1. The molecular formula is C28H32FN3O5S. The van der Waals surface area contributed by atoms with Crippen molar-refractivity contribution in [3.8, 4) is 5.75 Å². The molecule has 202 valence electrons. The van der Waals surface area contributed by atoms with Crippen molar-refractivity contribution >= 4 is 27.5 Å². The highest BCUT2D eigenvalue weighted by Crippen LogP contribution is 2.26. The highest BCUT2D eigenvalue weighted by atomic mass is 32.2. The van der Waals surface area contributed by atoms with E-state index < -0.39 is 40.2 Å². The maximum absolute atomic E-state index is 13.8. The number of carbonyl (C=O) groups is 2. The van der Waals surface area contributed by atoms with Gasteiger partial charge in [-0.2, -0.15) is 0 Å². The van der Waals surface area contributed by atoms with Crippen LogP contribution in [0.1, 0.15) is 26.3 Å². The Bertz CT molecular complexity index is 1330. The number of nitrogens with zero attached hydrogens (tertiary/aromatic N) is 2. The molecule has 0 saturated heterocycles. The Kier molecular flexibility index (Phi) is 9.46. The monoisotopic (exact) mass is 541 g/mol. The summed E-state index contributed by atoms with van der Waals surface area (Å²) in [6.07, 6.45) is 0. The minimum atomic E-state index is -4.15. The number of carbonyl (C=O) groups excluding carboxylic acids is 2. The van der Waals surface area contributed by atoms with Crippen molar-refractivity contribution in [2.45, 2.75) is 44.3 Å². The highest BCUT2D eigenvalue weighted by Gasteiger charge is 2.32. The average molecular weight is 542 g/mol. The molecule has 0 heterocycles. The lowest BCUT2D eigenvalue weighted by Crippen LogP contribution is -2.52. The van der Waals surface area contributed by atoms with E-state index in [9.17, 15) is 22.4 Å². The molecule has 1 N–H and O–H groups in total. The molecule has 3 aromatic rings. The quantitative estimate of drug-likeness (QED) is 0.396. The fraction of sp³-hybridized carbons (Fsp3) is 0.286. The van der Waals surface area contributed by atoms with Crippen LogP contribution in [0.25, 0.3) is 0 Å². The highest BCUT2D eigenvalue weighted by molar-refractivity contribution is 7.92. The van der Waals surface area contributed by atoms with Gasteiger partial charge in [0.15, 0.2) is 0 Å². The smallest absolute Gasteiger partial charge is 0.264 e. The third-order valence-electron chi connectivity index (χ3n) is 5.83. The van der Waals surface area contributed by atoms with E-state index >= 15 is 0 Å². The van der Waals surface area contributed by atoms with E-state index in [0.29, 0.717) is 11.3 Å². The Hall–Kier alpha value is -3.92. The summed E-state index contributed by atoms with van der Waals surface area (Å²) in [6, 6.07) is 18.6. The van der Waals surface area contributed by atoms with Gasteiger partial charge in [0.25, 0.3) is 10.0 Å². The second-order valence-corrected chi connectivity index (χ2v) is 10.9. The van der Waals surface area contributed by atoms with Gasteiger partial charge in [0, 0.05) is 12.6 Å². The standard InChI is InChI=1S/C28H32FN3O5S/c1-20(2)30-28(34)21(3)31(18-22-10-12-23(29)13-11-22)27(33)19-32(24-14-16-25(37-4)17-15-24)38(35,36)26-8-6-5-7-9-26/h5-17,20-21H,18-19H2,1-4H3,(H,30,34). The van der Waals surface area contributed by atoms with Gasteiger partial charge in [-0.05, 0) is 74.9 Å². The maximum atomic E-state index is 13.8. The van der Waals surface area contributed by atoms with Crippen molar-refractivity contribution in [1.82, 2.24) is 10.2 Å². The number of anilines is 1. The topological polar surface area (TPSA) is 96.0 Å². The van der Waals surface area contributed by atoms with Gasteiger partial charge in [0.05, 0.1) is 17.7 Å². The van der Waals surface area contributed by atoms with Crippen molar-refractivity contribution in [3.63, 3.8) is 0 Å². The zero-order valence-corrected chi connectivity index (χ0v) is 22.6. The van der Waals surface area contributed by atoms with Crippen molar-refractivity contribution in [2.75, 3.05) is 18.0 Å². The predicted molar refractivity (Wildman–Crippen MR) is 144 cm³/mol. The third kappa shape index (κ3) is 7.10. The predicted octanol–water partition coefficient (Wildman–Crippen LogP) is 3.97. The lowest BCUT2D eigenvalue weighted by Gasteiger charge is -2.32. The van der Waals surface area contributed by atoms with Gasteiger partial charge in [-0.25, -0.2) is 12.8 Å². The molecule has 0 spiro atoms. The summed E-state index contributed by atoms with van der Waals surface area (Å²) in [5.74, 6) is -0.903. The average Bonchev–Trinajstić information content (AvgIpc) is 2.91. The van der Waals surface area contributed by atoms with Gasteiger partial charge in [-0.1, -0.05) is 30.3 Å². The molecule has 3 aromatic carbocycles. The molecule has 10 heteroatoms. The second kappa shape index (κ2) is 12.6. The van der Waals surface area contributed by atoms with Crippen molar-refractivity contribution in [1.29, 1.82) is 0 Å². The van der Waals surface area contributed by atoms with E-state index in [1.165, 1.54) is 48.4 Å². The second-order valence-electron chi connectivity index (χ2n) is 9.01. The first-order valence-corrected chi connectivity index (χ1v) is 13.5. The minimum Gasteiger partial charge on any atom is -0.497 e. The van der Waals surface area contributed by atoms with Crippen molar-refractivity contribution in [2.24, 2.45) is 0 Å². The largest absolute Gasteiger partial charge is 0.497 e. The molecule has 8 nitrogen and oxygen atoms in total. The first-order chi connectivity index (χ1) is 18.0. The van der Waals surface area contributed by atoms with Crippen LogP contribution in [0.3, 0.4) is 0 Å². The van der Waals surface area contributed by atoms with Crippen LogP contribution in [0.2, 0.25) is 0 Å². The number of halogens is 1. The number of ether oxygens (including phenoxy) is 1. The van der Waals surface area contributed by atoms with E-state index in [1.807, 2.05) is 0 Å². The van der Waals surface area contributed by atoms with Gasteiger partial charge in [0.1, 0.15) is 24.2 Å². The molecular weight excluding hydrogens is 509 g/mol. The Labute approximate surface area is 223 Å². The van der Waals surface area contributed by atoms with Gasteiger partial charge < -0.3 is 15.0 Å². The number of rotatable bonds is 11. The van der Waals surface area contributed by atoms with Crippen molar-refractivity contribution in [3.05, 3.63) is 90.2 Å². The maximum Gasteiger partial charge on any atom is 0.264 e. The zero-order valence-electron chi connectivity index (χ0n) is 21.8. The van der Waals surface area contributed by atoms with Crippen LogP contribution in [-0.2, 0) is 26.2 Å². The van der Waals surface area contributed by atoms with Gasteiger partial charge >= 0.3 is 0 Å². The zero-order chi connectivity index (χ0) is 27.9. The molecule has 0 radical (unpaired) electrons. The van der Waals surface area contributed by atoms with Crippen LogP contribution in [-0.4, -0.2) is 50.9 Å². The molecule has 0 fully saturated rings. The van der Waals surface area contributed by atoms with Gasteiger partial charge in [-0.3, -0.25) is 13.9 Å². The summed E-state index contributed by atoms with van der Waals surface area (Å²) in [5, 5.41) is 2.79. The molecule has 0 aliphatic heterocycles. The summed E-state index contributed by atoms with van der Waals surface area (Å²) in [7, 11) is -2.66. The number of amides is 2. The van der Waals surface area contributed by atoms with E-state index in [-0.39, 0.29) is 23.2 Å². The van der Waals surface area contributed by atoms with Gasteiger partial charge in [-0.15, -0.1) is 0 Å². The fourth-order valence-electron chi connectivity index (χ4n) is 3.77. The molecule has 1 unspecified atom stereocenters. The third-order valence-corrected chi connectivity index (χ3v) is 7.62. The normalized spacial score (nSPS) is 12.1. The van der Waals surface area contributed by atoms with E-state index in [2.05, 4.69) is 5.32 Å². The summed E-state index contributed by atoms with van der Waals surface area (Å²) in [6.45, 7) is 4.59. The number of benzene rings is 3. The number of nitrogens with one attached hydrogen (secondary N) is 1. The van der Waals surface area contributed by atoms with Gasteiger partial charge in [0.2, 0.25) is 11.8 Å². The Balaban J connectivity index is 2.01. The van der Waals surface area contributed by atoms with E-state index in [1.54, 1.807) is 63.2 Å². The van der Waals surface area contributed by atoms with Crippen LogP contribution in [0.5, 0.6) is 5.75 Å². The lowest BCUT2D eigenvalue weighted by atomic mass is 10.1. The molecule has 0 aliphatic carbocycles. The number of methoxy groups -OCH3 is 1. The molecule has 38 heavy (non-hydrogen) atoms. The van der Waals surface area contributed by atoms with Crippen LogP contribution in [0.4, 0.5) is 10.1 Å². The molecule has 0 saturated carbocycles. The molecule has 1 atom stereocenters.